The van der Waals surface area contributed by atoms with Gasteiger partial charge in [0.2, 0.25) is 5.91 Å². The molecule has 2 fully saturated rings. The van der Waals surface area contributed by atoms with E-state index in [9.17, 15) is 18.4 Å². The van der Waals surface area contributed by atoms with Gasteiger partial charge in [0.1, 0.15) is 11.6 Å². The van der Waals surface area contributed by atoms with E-state index in [2.05, 4.69) is 5.32 Å². The van der Waals surface area contributed by atoms with Gasteiger partial charge in [0.25, 0.3) is 5.91 Å². The van der Waals surface area contributed by atoms with Gasteiger partial charge in [-0.1, -0.05) is 6.92 Å². The lowest BCUT2D eigenvalue weighted by Crippen LogP contribution is -2.43. The van der Waals surface area contributed by atoms with Gasteiger partial charge in [-0.2, -0.15) is 0 Å². The van der Waals surface area contributed by atoms with Crippen LogP contribution in [0.1, 0.15) is 43.0 Å². The Hall–Kier alpha value is -2.06. The van der Waals surface area contributed by atoms with Crippen LogP contribution < -0.4 is 5.32 Å². The van der Waals surface area contributed by atoms with Crippen molar-refractivity contribution in [1.82, 2.24) is 9.80 Å². The van der Waals surface area contributed by atoms with Crippen molar-refractivity contribution in [2.24, 2.45) is 0 Å². The van der Waals surface area contributed by atoms with E-state index >= 15 is 0 Å². The largest absolute Gasteiger partial charge is 0.379 e. The highest BCUT2D eigenvalue weighted by Crippen LogP contribution is 2.25. The fraction of sp³-hybridized carbons (Fsp3) is 0.600. The highest BCUT2D eigenvalue weighted by Gasteiger charge is 2.29. The highest BCUT2D eigenvalue weighted by molar-refractivity contribution is 5.98. The third-order valence-corrected chi connectivity index (χ3v) is 5.39. The number of morpholine rings is 1. The molecule has 1 aromatic carbocycles. The number of amides is 2. The Morgan fingerprint density at radius 2 is 1.89 bits per heavy atom. The first-order chi connectivity index (χ1) is 13.5. The maximum atomic E-state index is 14.4. The second-order valence-electron chi connectivity index (χ2n) is 7.30. The maximum Gasteiger partial charge on any atom is 0.257 e. The molecule has 0 bridgehead atoms. The number of nitrogens with zero attached hydrogens (tertiary/aromatic N) is 2. The van der Waals surface area contributed by atoms with Gasteiger partial charge >= 0.3 is 0 Å². The Bertz CT molecular complexity index is 723. The van der Waals surface area contributed by atoms with Gasteiger partial charge in [0.15, 0.2) is 0 Å². The van der Waals surface area contributed by atoms with Gasteiger partial charge in [-0.15, -0.1) is 0 Å². The van der Waals surface area contributed by atoms with Crippen molar-refractivity contribution in [1.29, 1.82) is 0 Å². The lowest BCUT2D eigenvalue weighted by atomic mass is 9.98. The smallest absolute Gasteiger partial charge is 0.257 e. The fourth-order valence-corrected chi connectivity index (χ4v) is 3.81. The van der Waals surface area contributed by atoms with E-state index in [1.807, 2.05) is 11.8 Å². The van der Waals surface area contributed by atoms with Crippen molar-refractivity contribution in [2.75, 3.05) is 44.7 Å². The second kappa shape index (κ2) is 9.43. The predicted molar refractivity (Wildman–Crippen MR) is 101 cm³/mol. The quantitative estimate of drug-likeness (QED) is 0.833. The number of carbonyl (C=O) groups excluding carboxylic acids is 2. The topological polar surface area (TPSA) is 61.9 Å². The lowest BCUT2D eigenvalue weighted by Gasteiger charge is -2.35. The van der Waals surface area contributed by atoms with Gasteiger partial charge in [-0.25, -0.2) is 8.78 Å². The zero-order valence-electron chi connectivity index (χ0n) is 16.2. The van der Waals surface area contributed by atoms with E-state index in [4.69, 9.17) is 4.74 Å². The minimum Gasteiger partial charge on any atom is -0.379 e. The number of halogens is 2. The van der Waals surface area contributed by atoms with Crippen molar-refractivity contribution in [3.63, 3.8) is 0 Å². The summed E-state index contributed by atoms with van der Waals surface area (Å²) in [7, 11) is 0. The zero-order valence-corrected chi connectivity index (χ0v) is 16.2. The lowest BCUT2D eigenvalue weighted by molar-refractivity contribution is -0.118. The average Bonchev–Trinajstić information content (AvgIpc) is 2.70. The summed E-state index contributed by atoms with van der Waals surface area (Å²) in [5, 5.41) is 2.47. The summed E-state index contributed by atoms with van der Waals surface area (Å²) in [6, 6.07) is 1.85. The van der Waals surface area contributed by atoms with Crippen LogP contribution in [0.5, 0.6) is 0 Å². The second-order valence-corrected chi connectivity index (χ2v) is 7.30. The third-order valence-electron chi connectivity index (χ3n) is 5.39. The number of nitrogens with one attached hydrogen (secondary N) is 1. The maximum absolute atomic E-state index is 14.4. The SMILES string of the molecule is CCC1CCCCN1C(=O)c1cc(NC(=O)CN2CCOCC2)c(F)cc1F. The van der Waals surface area contributed by atoms with Crippen molar-refractivity contribution in [2.45, 2.75) is 38.6 Å². The molecular weight excluding hydrogens is 368 g/mol. The highest BCUT2D eigenvalue weighted by atomic mass is 19.1. The molecule has 0 saturated carbocycles. The minimum atomic E-state index is -0.908. The molecule has 1 unspecified atom stereocenters. The molecule has 1 N–H and O–H groups in total. The van der Waals surface area contributed by atoms with Crippen LogP contribution in [-0.4, -0.2) is 67.0 Å². The number of benzene rings is 1. The first-order valence-corrected chi connectivity index (χ1v) is 9.89. The number of likely N-dealkylation sites (tertiary alicyclic amines) is 1. The van der Waals surface area contributed by atoms with Crippen LogP contribution in [-0.2, 0) is 9.53 Å². The standard InChI is InChI=1S/C20H27F2N3O3/c1-2-14-5-3-4-6-25(14)20(27)15-11-18(17(22)12-16(15)21)23-19(26)13-24-7-9-28-10-8-24/h11-12,14H,2-10,13H2,1H3,(H,23,26). The molecule has 6 nitrogen and oxygen atoms in total. The summed E-state index contributed by atoms with van der Waals surface area (Å²) in [4.78, 5) is 28.7. The summed E-state index contributed by atoms with van der Waals surface area (Å²) in [6.45, 7) is 4.98. The molecule has 3 rings (SSSR count). The number of carbonyl (C=O) groups is 2. The molecule has 154 valence electrons. The number of hydrogen-bond donors (Lipinski definition) is 1. The van der Waals surface area contributed by atoms with Gasteiger partial charge in [0.05, 0.1) is 31.0 Å². The molecule has 2 aliphatic heterocycles. The van der Waals surface area contributed by atoms with E-state index in [0.717, 1.165) is 31.7 Å². The van der Waals surface area contributed by atoms with Crippen LogP contribution >= 0.6 is 0 Å². The van der Waals surface area contributed by atoms with E-state index in [1.165, 1.54) is 0 Å². The normalized spacial score (nSPS) is 20.8. The van der Waals surface area contributed by atoms with Crippen LogP contribution in [0.2, 0.25) is 0 Å². The van der Waals surface area contributed by atoms with Crippen molar-refractivity contribution in [3.05, 3.63) is 29.3 Å². The molecule has 0 spiro atoms. The molecule has 2 amide bonds. The van der Waals surface area contributed by atoms with Crippen LogP contribution in [0, 0.1) is 11.6 Å². The molecule has 0 radical (unpaired) electrons. The van der Waals surface area contributed by atoms with Crippen molar-refractivity contribution >= 4 is 17.5 Å². The predicted octanol–water partition coefficient (Wildman–Crippen LogP) is 2.64. The van der Waals surface area contributed by atoms with Gasteiger partial charge in [-0.05, 0) is 31.7 Å². The van der Waals surface area contributed by atoms with Gasteiger partial charge < -0.3 is 15.0 Å². The minimum absolute atomic E-state index is 0.0602. The third kappa shape index (κ3) is 4.86. The molecule has 1 atom stereocenters. The van der Waals surface area contributed by atoms with Crippen LogP contribution in [0.4, 0.5) is 14.5 Å². The van der Waals surface area contributed by atoms with Crippen molar-refractivity contribution in [3.8, 4) is 0 Å². The van der Waals surface area contributed by atoms with Crippen molar-refractivity contribution < 1.29 is 23.1 Å². The summed E-state index contributed by atoms with van der Waals surface area (Å²) in [5.74, 6) is -2.66. The Balaban J connectivity index is 1.74. The first-order valence-electron chi connectivity index (χ1n) is 9.89. The Labute approximate surface area is 163 Å². The summed E-state index contributed by atoms with van der Waals surface area (Å²) in [5.41, 5.74) is -0.378. The number of rotatable bonds is 5. The van der Waals surface area contributed by atoms with Crippen LogP contribution in [0.25, 0.3) is 0 Å². The van der Waals surface area contributed by atoms with Gasteiger partial charge in [-0.3, -0.25) is 14.5 Å². The molecule has 2 aliphatic rings. The summed E-state index contributed by atoms with van der Waals surface area (Å²) >= 11 is 0. The van der Waals surface area contributed by atoms with E-state index in [1.54, 1.807) is 4.90 Å². The molecule has 1 aromatic rings. The van der Waals surface area contributed by atoms with E-state index < -0.39 is 23.4 Å². The number of ether oxygens (including phenoxy) is 1. The summed E-state index contributed by atoms with van der Waals surface area (Å²) < 4.78 is 33.8. The summed E-state index contributed by atoms with van der Waals surface area (Å²) in [6.07, 6.45) is 3.58. The molecular formula is C20H27F2N3O3. The molecule has 0 aliphatic carbocycles. The Morgan fingerprint density at radius 1 is 1.14 bits per heavy atom. The molecule has 0 aromatic heterocycles. The Morgan fingerprint density at radius 3 is 2.61 bits per heavy atom. The zero-order chi connectivity index (χ0) is 20.1. The molecule has 8 heteroatoms. The number of anilines is 1. The molecule has 28 heavy (non-hydrogen) atoms. The average molecular weight is 395 g/mol. The van der Waals surface area contributed by atoms with E-state index in [-0.39, 0.29) is 23.8 Å². The fourth-order valence-electron chi connectivity index (χ4n) is 3.81. The first kappa shape index (κ1) is 20.7. The van der Waals surface area contributed by atoms with E-state index in [0.29, 0.717) is 38.9 Å². The van der Waals surface area contributed by atoms with Crippen LogP contribution in [0.3, 0.4) is 0 Å². The monoisotopic (exact) mass is 395 g/mol. The molecule has 2 saturated heterocycles. The number of piperidine rings is 1. The number of hydrogen-bond acceptors (Lipinski definition) is 4. The van der Waals surface area contributed by atoms with Gasteiger partial charge in [0, 0.05) is 31.7 Å². The Kier molecular flexibility index (Phi) is 6.96. The van der Waals surface area contributed by atoms with Crippen LogP contribution in [0.15, 0.2) is 12.1 Å². The molecule has 2 heterocycles.